The average Bonchev–Trinajstić information content (AvgIpc) is 3.87. The predicted octanol–water partition coefficient (Wildman–Crippen LogP) is 5.25. The third kappa shape index (κ3) is 5.71. The summed E-state index contributed by atoms with van der Waals surface area (Å²) < 4.78 is 21.1. The van der Waals surface area contributed by atoms with Crippen molar-refractivity contribution < 1.29 is 23.8 Å². The highest BCUT2D eigenvalue weighted by Gasteiger charge is 2.43. The van der Waals surface area contributed by atoms with E-state index < -0.39 is 22.9 Å². The molecule has 1 aliphatic heterocycles. The van der Waals surface area contributed by atoms with Crippen molar-refractivity contribution in [2.45, 2.75) is 96.1 Å². The van der Waals surface area contributed by atoms with E-state index in [0.717, 1.165) is 55.1 Å². The second-order valence-corrected chi connectivity index (χ2v) is 15.1. The van der Waals surface area contributed by atoms with E-state index in [1.807, 2.05) is 31.2 Å². The number of thiophene rings is 1. The number of amides is 1. The molecular formula is C36H44N4O7S. The third-order valence-corrected chi connectivity index (χ3v) is 12.0. The largest absolute Gasteiger partial charge is 0.496 e. The van der Waals surface area contributed by atoms with Crippen molar-refractivity contribution in [3.05, 3.63) is 68.7 Å². The first-order chi connectivity index (χ1) is 23.1. The number of aromatic nitrogens is 3. The molecule has 0 bridgehead atoms. The molecule has 3 aliphatic rings. The van der Waals surface area contributed by atoms with Crippen LogP contribution in [0.3, 0.4) is 0 Å². The number of aliphatic hydroxyl groups excluding tert-OH is 1. The molecule has 256 valence electrons. The van der Waals surface area contributed by atoms with E-state index >= 15 is 0 Å². The number of ether oxygens (including phenoxy) is 2. The third-order valence-electron chi connectivity index (χ3n) is 10.7. The lowest BCUT2D eigenvalue weighted by Gasteiger charge is -2.35. The number of hydrogen-bond donors (Lipinski definition) is 1. The molecule has 12 heteroatoms. The molecule has 1 N–H and O–H groups in total. The Bertz CT molecular complexity index is 1910. The van der Waals surface area contributed by atoms with E-state index in [2.05, 4.69) is 4.98 Å². The molecule has 4 aromatic rings. The zero-order valence-electron chi connectivity index (χ0n) is 28.0. The van der Waals surface area contributed by atoms with Crippen molar-refractivity contribution in [1.82, 2.24) is 19.0 Å². The molecule has 0 spiro atoms. The van der Waals surface area contributed by atoms with Gasteiger partial charge in [0.2, 0.25) is 11.8 Å². The van der Waals surface area contributed by atoms with Gasteiger partial charge >= 0.3 is 5.69 Å². The second kappa shape index (κ2) is 12.9. The Morgan fingerprint density at radius 1 is 1.10 bits per heavy atom. The summed E-state index contributed by atoms with van der Waals surface area (Å²) in [5.74, 6) is 1.57. The lowest BCUT2D eigenvalue weighted by atomic mass is 10.00. The molecule has 2 saturated carbocycles. The summed E-state index contributed by atoms with van der Waals surface area (Å²) in [6.45, 7) is 6.45. The number of hydrogen-bond acceptors (Lipinski definition) is 9. The summed E-state index contributed by atoms with van der Waals surface area (Å²) in [5.41, 5.74) is -1.09. The number of oxazole rings is 1. The van der Waals surface area contributed by atoms with Crippen LogP contribution in [0.4, 0.5) is 0 Å². The van der Waals surface area contributed by atoms with Gasteiger partial charge in [-0.1, -0.05) is 18.2 Å². The Morgan fingerprint density at radius 2 is 1.81 bits per heavy atom. The smallest absolute Gasteiger partial charge is 0.333 e. The fourth-order valence-electron chi connectivity index (χ4n) is 8.30. The fourth-order valence-corrected chi connectivity index (χ4v) is 9.55. The van der Waals surface area contributed by atoms with E-state index in [0.29, 0.717) is 57.2 Å². The summed E-state index contributed by atoms with van der Waals surface area (Å²) in [7, 11) is 1.61. The summed E-state index contributed by atoms with van der Waals surface area (Å²) >= 11 is 1.28. The van der Waals surface area contributed by atoms with Crippen LogP contribution in [-0.4, -0.2) is 62.4 Å². The number of aliphatic hydroxyl groups is 1. The van der Waals surface area contributed by atoms with Crippen LogP contribution < -0.4 is 16.0 Å². The highest BCUT2D eigenvalue weighted by Crippen LogP contribution is 2.47. The van der Waals surface area contributed by atoms with Crippen molar-refractivity contribution in [3.8, 4) is 16.5 Å². The quantitative estimate of drug-likeness (QED) is 0.255. The van der Waals surface area contributed by atoms with Gasteiger partial charge in [0.15, 0.2) is 0 Å². The van der Waals surface area contributed by atoms with Gasteiger partial charge < -0.3 is 23.9 Å². The minimum absolute atomic E-state index is 0.0652. The van der Waals surface area contributed by atoms with E-state index in [9.17, 15) is 19.5 Å². The summed E-state index contributed by atoms with van der Waals surface area (Å²) in [5, 5.41) is 10.6. The molecule has 5 atom stereocenters. The molecule has 1 amide bonds. The second-order valence-electron chi connectivity index (χ2n) is 14.1. The molecule has 7 rings (SSSR count). The van der Waals surface area contributed by atoms with Crippen LogP contribution in [0.2, 0.25) is 0 Å². The number of fused-ring (bicyclic) bond motifs is 2. The maximum Gasteiger partial charge on any atom is 0.333 e. The number of para-hydroxylation sites is 1. The van der Waals surface area contributed by atoms with Crippen LogP contribution >= 0.6 is 11.3 Å². The maximum absolute atomic E-state index is 14.8. The molecule has 3 fully saturated rings. The van der Waals surface area contributed by atoms with Gasteiger partial charge in [-0.15, -0.1) is 11.3 Å². The van der Waals surface area contributed by atoms with Crippen LogP contribution in [-0.2, 0) is 21.6 Å². The zero-order chi connectivity index (χ0) is 33.7. The molecule has 48 heavy (non-hydrogen) atoms. The van der Waals surface area contributed by atoms with Gasteiger partial charge in [0.25, 0.3) is 5.56 Å². The monoisotopic (exact) mass is 676 g/mol. The average molecular weight is 677 g/mol. The van der Waals surface area contributed by atoms with Gasteiger partial charge in [0.05, 0.1) is 42.3 Å². The molecule has 2 aliphatic carbocycles. The minimum atomic E-state index is -1.44. The Balaban J connectivity index is 1.38. The molecule has 11 nitrogen and oxygen atoms in total. The van der Waals surface area contributed by atoms with Crippen LogP contribution in [0.5, 0.6) is 5.75 Å². The van der Waals surface area contributed by atoms with Crippen molar-refractivity contribution >= 4 is 27.5 Å². The van der Waals surface area contributed by atoms with Gasteiger partial charge in [-0.05, 0) is 89.2 Å². The van der Waals surface area contributed by atoms with Gasteiger partial charge in [0, 0.05) is 18.7 Å². The molecule has 0 radical (unpaired) electrons. The van der Waals surface area contributed by atoms with E-state index in [1.165, 1.54) is 17.6 Å². The lowest BCUT2D eigenvalue weighted by molar-refractivity contribution is -0.140. The van der Waals surface area contributed by atoms with Crippen LogP contribution in [0.15, 0.2) is 50.7 Å². The number of nitrogens with zero attached hydrogens (tertiary/aromatic N) is 4. The molecule has 4 heterocycles. The van der Waals surface area contributed by atoms with Crippen LogP contribution in [0.25, 0.3) is 21.0 Å². The number of methoxy groups -OCH3 is 1. The van der Waals surface area contributed by atoms with Gasteiger partial charge in [-0.25, -0.2) is 14.3 Å². The molecule has 3 aromatic heterocycles. The first-order valence-electron chi connectivity index (χ1n) is 17.0. The Labute approximate surface area is 283 Å². The molecule has 4 unspecified atom stereocenters. The number of piperidine rings is 1. The molecule has 1 saturated heterocycles. The standard InChI is InChI=1S/C36H44N4O7S/c1-21-29-32(42)40(36(2,3)34(43)38-13-8-5-9-14-38)35(44)39(33(29)48-30(21)31-37-12-15-46-31)20-28(26-10-6-7-11-27(26)45-4)47-25-18-22-16-24(41)17-23(22)19-25/h6-7,10-12,15,22-25,28,41H,5,8-9,13-14,16-20H2,1-4H3/t22-,23?,24?,25?,28?/m0/s1. The number of likely N-dealkylation sites (tertiary alicyclic amines) is 1. The Hall–Kier alpha value is -3.74. The number of aryl methyl sites for hydroxylation is 1. The van der Waals surface area contributed by atoms with Crippen molar-refractivity contribution in [2.24, 2.45) is 11.8 Å². The highest BCUT2D eigenvalue weighted by molar-refractivity contribution is 7.22. The molecular weight excluding hydrogens is 632 g/mol. The van der Waals surface area contributed by atoms with E-state index in [-0.39, 0.29) is 24.7 Å². The summed E-state index contributed by atoms with van der Waals surface area (Å²) in [6.07, 6.45) is 8.18. The zero-order valence-corrected chi connectivity index (χ0v) is 28.8. The Morgan fingerprint density at radius 3 is 2.48 bits per heavy atom. The number of carbonyl (C=O) groups is 1. The highest BCUT2D eigenvalue weighted by atomic mass is 32.1. The SMILES string of the molecule is COc1ccccc1C(Cn1c(=O)n(C(C)(C)C(=O)N2CCCCC2)c(=O)c2c(C)c(-c3ncco3)sc21)OC1CC2CC(O)C[C@H]2C1. The lowest BCUT2D eigenvalue weighted by Crippen LogP contribution is -2.57. The minimum Gasteiger partial charge on any atom is -0.496 e. The number of carbonyl (C=O) groups excluding carboxylic acids is 1. The van der Waals surface area contributed by atoms with Crippen molar-refractivity contribution in [3.63, 3.8) is 0 Å². The summed E-state index contributed by atoms with van der Waals surface area (Å²) in [6, 6.07) is 7.64. The first-order valence-corrected chi connectivity index (χ1v) is 17.8. The Kier molecular flexibility index (Phi) is 8.84. The number of rotatable bonds is 9. The van der Waals surface area contributed by atoms with Crippen molar-refractivity contribution in [1.29, 1.82) is 0 Å². The topological polar surface area (TPSA) is 129 Å². The normalized spacial score (nSPS) is 23.5. The maximum atomic E-state index is 14.8. The number of benzene rings is 1. The summed E-state index contributed by atoms with van der Waals surface area (Å²) in [4.78, 5) is 50.6. The molecule has 1 aromatic carbocycles. The predicted molar refractivity (Wildman–Crippen MR) is 182 cm³/mol. The van der Waals surface area contributed by atoms with Crippen molar-refractivity contribution in [2.75, 3.05) is 20.2 Å². The van der Waals surface area contributed by atoms with Crippen LogP contribution in [0.1, 0.15) is 76.0 Å². The fraction of sp³-hybridized carbons (Fsp3) is 0.556. The van der Waals surface area contributed by atoms with E-state index in [4.69, 9.17) is 13.9 Å². The van der Waals surface area contributed by atoms with Gasteiger partial charge in [0.1, 0.15) is 28.5 Å². The van der Waals surface area contributed by atoms with Gasteiger partial charge in [-0.3, -0.25) is 14.2 Å². The van der Waals surface area contributed by atoms with Gasteiger partial charge in [-0.2, -0.15) is 0 Å². The first kappa shape index (κ1) is 32.8. The van der Waals surface area contributed by atoms with Crippen LogP contribution in [0, 0.1) is 18.8 Å². The van der Waals surface area contributed by atoms with E-state index in [1.54, 1.807) is 36.6 Å².